The van der Waals surface area contributed by atoms with Crippen molar-refractivity contribution in [2.75, 3.05) is 104 Å². The van der Waals surface area contributed by atoms with Gasteiger partial charge in [0.25, 0.3) is 0 Å². The molecule has 0 spiro atoms. The zero-order valence-corrected chi connectivity index (χ0v) is 24.5. The second-order valence-corrected chi connectivity index (χ2v) is 10.5. The SMILES string of the molecule is CN(C)C(=N)Nc1ccccc1CN1CCOCC1.N=C(Nc1ccccc1CN1CCOCC1)N1CCOCC1. The van der Waals surface area contributed by atoms with Gasteiger partial charge in [0, 0.05) is 77.8 Å². The molecule has 3 saturated heterocycles. The number of morpholine rings is 3. The van der Waals surface area contributed by atoms with Crippen LogP contribution in [-0.4, -0.2) is 125 Å². The molecule has 0 aromatic heterocycles. The molecule has 11 nitrogen and oxygen atoms in total. The van der Waals surface area contributed by atoms with E-state index in [9.17, 15) is 0 Å². The van der Waals surface area contributed by atoms with Crippen LogP contribution in [0, 0.1) is 10.8 Å². The van der Waals surface area contributed by atoms with Crippen molar-refractivity contribution in [2.24, 2.45) is 0 Å². The van der Waals surface area contributed by atoms with Crippen molar-refractivity contribution in [2.45, 2.75) is 13.1 Å². The summed E-state index contributed by atoms with van der Waals surface area (Å²) in [5, 5.41) is 22.6. The molecule has 3 aliphatic rings. The number of para-hydroxylation sites is 2. The fourth-order valence-corrected chi connectivity index (χ4v) is 4.79. The Hall–Kier alpha value is -3.22. The zero-order valence-electron chi connectivity index (χ0n) is 24.5. The Morgan fingerprint density at radius 2 is 1.07 bits per heavy atom. The Kier molecular flexibility index (Phi) is 12.2. The maximum Gasteiger partial charge on any atom is 0.195 e. The Labute approximate surface area is 244 Å². The van der Waals surface area contributed by atoms with E-state index >= 15 is 0 Å². The number of rotatable bonds is 6. The van der Waals surface area contributed by atoms with Gasteiger partial charge in [-0.3, -0.25) is 20.6 Å². The van der Waals surface area contributed by atoms with Gasteiger partial charge in [0.15, 0.2) is 11.9 Å². The van der Waals surface area contributed by atoms with Gasteiger partial charge in [-0.2, -0.15) is 0 Å². The highest BCUT2D eigenvalue weighted by atomic mass is 16.5. The lowest BCUT2D eigenvalue weighted by Crippen LogP contribution is -2.43. The van der Waals surface area contributed by atoms with Gasteiger partial charge in [-0.05, 0) is 23.3 Å². The van der Waals surface area contributed by atoms with Crippen molar-refractivity contribution >= 4 is 23.3 Å². The molecule has 0 aliphatic carbocycles. The molecule has 5 rings (SSSR count). The molecule has 3 heterocycles. The van der Waals surface area contributed by atoms with E-state index in [0.29, 0.717) is 25.1 Å². The van der Waals surface area contributed by atoms with Crippen LogP contribution in [-0.2, 0) is 27.3 Å². The minimum atomic E-state index is 0.398. The van der Waals surface area contributed by atoms with Crippen molar-refractivity contribution in [3.8, 4) is 0 Å². The topological polar surface area (TPSA) is 112 Å². The van der Waals surface area contributed by atoms with E-state index in [0.717, 1.165) is 90.2 Å². The lowest BCUT2D eigenvalue weighted by Gasteiger charge is -2.30. The molecule has 224 valence electrons. The highest BCUT2D eigenvalue weighted by Gasteiger charge is 2.17. The first-order chi connectivity index (χ1) is 20.0. The molecule has 2 aromatic carbocycles. The van der Waals surface area contributed by atoms with E-state index in [4.69, 9.17) is 25.0 Å². The summed E-state index contributed by atoms with van der Waals surface area (Å²) in [6.07, 6.45) is 0. The van der Waals surface area contributed by atoms with Crippen molar-refractivity contribution in [3.63, 3.8) is 0 Å². The number of nitrogens with one attached hydrogen (secondary N) is 4. The largest absolute Gasteiger partial charge is 0.379 e. The van der Waals surface area contributed by atoms with Crippen LogP contribution in [0.15, 0.2) is 48.5 Å². The number of hydrogen-bond acceptors (Lipinski definition) is 7. The minimum absolute atomic E-state index is 0.398. The van der Waals surface area contributed by atoms with E-state index in [1.807, 2.05) is 49.3 Å². The van der Waals surface area contributed by atoms with Gasteiger partial charge in [0.2, 0.25) is 0 Å². The summed E-state index contributed by atoms with van der Waals surface area (Å²) in [5.41, 5.74) is 4.47. The van der Waals surface area contributed by atoms with Crippen LogP contribution >= 0.6 is 0 Å². The first kappa shape index (κ1) is 30.7. The van der Waals surface area contributed by atoms with Crippen LogP contribution in [0.4, 0.5) is 11.4 Å². The highest BCUT2D eigenvalue weighted by Crippen LogP contribution is 2.19. The Bertz CT molecular complexity index is 1100. The fraction of sp³-hybridized carbons (Fsp3) is 0.533. The standard InChI is InChI=1S/C16H24N4O2.C14H22N4O/c17-16(20-7-11-22-12-8-20)18-15-4-2-1-3-14(15)13-19-5-9-21-10-6-19;1-17(2)14(15)16-13-6-4-3-5-12(13)11-18-7-9-19-10-8-18/h1-4H,5-13H2,(H2,17,18);3-6H,7-11H2,1-2H3,(H2,15,16). The number of hydrogen-bond donors (Lipinski definition) is 4. The van der Waals surface area contributed by atoms with Crippen LogP contribution < -0.4 is 10.6 Å². The number of guanidine groups is 2. The maximum atomic E-state index is 8.26. The highest BCUT2D eigenvalue weighted by molar-refractivity contribution is 5.92. The van der Waals surface area contributed by atoms with E-state index in [2.05, 4.69) is 38.6 Å². The molecule has 2 aromatic rings. The minimum Gasteiger partial charge on any atom is -0.379 e. The molecule has 3 fully saturated rings. The summed E-state index contributed by atoms with van der Waals surface area (Å²) in [6, 6.07) is 16.4. The summed E-state index contributed by atoms with van der Waals surface area (Å²) in [4.78, 5) is 8.55. The molecular formula is C30H46N8O3. The predicted octanol–water partition coefficient (Wildman–Crippen LogP) is 2.62. The molecule has 11 heteroatoms. The van der Waals surface area contributed by atoms with Crippen molar-refractivity contribution in [3.05, 3.63) is 59.7 Å². The Balaban J connectivity index is 0.000000191. The smallest absolute Gasteiger partial charge is 0.195 e. The van der Waals surface area contributed by atoms with Gasteiger partial charge in [0.05, 0.1) is 39.6 Å². The second kappa shape index (κ2) is 16.3. The molecule has 0 saturated carbocycles. The normalized spacial score (nSPS) is 18.1. The quantitative estimate of drug-likeness (QED) is 0.310. The number of nitrogens with zero attached hydrogens (tertiary/aromatic N) is 4. The summed E-state index contributed by atoms with van der Waals surface area (Å²) < 4.78 is 16.1. The van der Waals surface area contributed by atoms with Gasteiger partial charge in [-0.15, -0.1) is 0 Å². The third-order valence-corrected chi connectivity index (χ3v) is 7.31. The summed E-state index contributed by atoms with van der Waals surface area (Å²) in [6.45, 7) is 11.8. The average Bonchev–Trinajstić information content (AvgIpc) is 3.01. The van der Waals surface area contributed by atoms with E-state index in [1.165, 1.54) is 11.1 Å². The van der Waals surface area contributed by atoms with Crippen LogP contribution in [0.3, 0.4) is 0 Å². The average molecular weight is 567 g/mol. The molecule has 0 radical (unpaired) electrons. The van der Waals surface area contributed by atoms with Crippen LogP contribution in [0.25, 0.3) is 0 Å². The van der Waals surface area contributed by atoms with Gasteiger partial charge in [0.1, 0.15) is 0 Å². The lowest BCUT2D eigenvalue weighted by atomic mass is 10.1. The zero-order chi connectivity index (χ0) is 28.9. The van der Waals surface area contributed by atoms with Crippen LogP contribution in [0.1, 0.15) is 11.1 Å². The lowest BCUT2D eigenvalue weighted by molar-refractivity contribution is 0.0342. The van der Waals surface area contributed by atoms with Gasteiger partial charge in [-0.25, -0.2) is 0 Å². The summed E-state index contributed by atoms with van der Waals surface area (Å²) >= 11 is 0. The molecule has 0 amide bonds. The molecule has 0 unspecified atom stereocenters. The van der Waals surface area contributed by atoms with Crippen molar-refractivity contribution < 1.29 is 14.2 Å². The molecule has 41 heavy (non-hydrogen) atoms. The summed E-state index contributed by atoms with van der Waals surface area (Å²) in [5.74, 6) is 0.854. The van der Waals surface area contributed by atoms with Gasteiger partial charge in [-0.1, -0.05) is 36.4 Å². The molecule has 0 bridgehead atoms. The van der Waals surface area contributed by atoms with E-state index < -0.39 is 0 Å². The summed E-state index contributed by atoms with van der Waals surface area (Å²) in [7, 11) is 3.72. The van der Waals surface area contributed by atoms with Crippen LogP contribution in [0.5, 0.6) is 0 Å². The molecule has 0 atom stereocenters. The molecular weight excluding hydrogens is 520 g/mol. The third kappa shape index (κ3) is 9.98. The first-order valence-electron chi connectivity index (χ1n) is 14.5. The Morgan fingerprint density at radius 1 is 0.659 bits per heavy atom. The molecule has 4 N–H and O–H groups in total. The maximum absolute atomic E-state index is 8.26. The van der Waals surface area contributed by atoms with E-state index in [1.54, 1.807) is 4.90 Å². The number of benzene rings is 2. The Morgan fingerprint density at radius 3 is 1.54 bits per heavy atom. The number of ether oxygens (including phenoxy) is 3. The third-order valence-electron chi connectivity index (χ3n) is 7.31. The van der Waals surface area contributed by atoms with Gasteiger partial charge < -0.3 is 34.6 Å². The van der Waals surface area contributed by atoms with Gasteiger partial charge >= 0.3 is 0 Å². The fourth-order valence-electron chi connectivity index (χ4n) is 4.79. The monoisotopic (exact) mass is 566 g/mol. The predicted molar refractivity (Wildman–Crippen MR) is 164 cm³/mol. The first-order valence-corrected chi connectivity index (χ1v) is 14.5. The van der Waals surface area contributed by atoms with Crippen molar-refractivity contribution in [1.82, 2.24) is 19.6 Å². The van der Waals surface area contributed by atoms with Crippen LogP contribution in [0.2, 0.25) is 0 Å². The number of anilines is 2. The van der Waals surface area contributed by atoms with E-state index in [-0.39, 0.29) is 0 Å². The second-order valence-electron chi connectivity index (χ2n) is 10.5. The van der Waals surface area contributed by atoms with Crippen molar-refractivity contribution in [1.29, 1.82) is 10.8 Å². The molecule has 3 aliphatic heterocycles.